The average molecular weight is 298 g/mol. The first-order valence-corrected chi connectivity index (χ1v) is 8.13. The highest BCUT2D eigenvalue weighted by Crippen LogP contribution is 2.37. The molecule has 2 fully saturated rings. The molecule has 5 heteroatoms. The summed E-state index contributed by atoms with van der Waals surface area (Å²) < 4.78 is 0. The van der Waals surface area contributed by atoms with Crippen LogP contribution in [0.15, 0.2) is 35.3 Å². The molecular weight excluding hydrogens is 276 g/mol. The number of nitrogens with zero attached hydrogens (tertiary/aromatic N) is 2. The van der Waals surface area contributed by atoms with Crippen molar-refractivity contribution in [3.05, 3.63) is 35.9 Å². The lowest BCUT2D eigenvalue weighted by molar-refractivity contribution is -0.141. The molecular formula is C17H22N4O. The van der Waals surface area contributed by atoms with Gasteiger partial charge >= 0.3 is 0 Å². The minimum absolute atomic E-state index is 0.154. The molecule has 1 aromatic carbocycles. The zero-order chi connectivity index (χ0) is 15.0. The summed E-state index contributed by atoms with van der Waals surface area (Å²) in [5.74, 6) is 1.64. The normalized spacial score (nSPS) is 26.7. The Morgan fingerprint density at radius 2 is 2.00 bits per heavy atom. The van der Waals surface area contributed by atoms with Crippen molar-refractivity contribution in [1.29, 1.82) is 0 Å². The van der Waals surface area contributed by atoms with Crippen LogP contribution in [0.1, 0.15) is 24.3 Å². The average Bonchev–Trinajstić information content (AvgIpc) is 2.55. The molecule has 3 heterocycles. The largest absolute Gasteiger partial charge is 0.356 e. The summed E-state index contributed by atoms with van der Waals surface area (Å²) in [6.45, 7) is 4.18. The summed E-state index contributed by atoms with van der Waals surface area (Å²) in [7, 11) is 0. The Labute approximate surface area is 130 Å². The lowest BCUT2D eigenvalue weighted by atomic mass is 9.73. The van der Waals surface area contributed by atoms with Gasteiger partial charge < -0.3 is 15.5 Å². The van der Waals surface area contributed by atoms with Gasteiger partial charge in [-0.2, -0.15) is 0 Å². The summed E-state index contributed by atoms with van der Waals surface area (Å²) in [5, 5.41) is 6.45. The number of nitrogens with one attached hydrogen (secondary N) is 2. The van der Waals surface area contributed by atoms with Crippen molar-refractivity contribution >= 4 is 11.9 Å². The number of carbonyl (C=O) groups excluding carboxylic acids is 1. The second-order valence-electron chi connectivity index (χ2n) is 6.65. The number of guanidine groups is 1. The van der Waals surface area contributed by atoms with Gasteiger partial charge in [0, 0.05) is 32.1 Å². The molecule has 0 saturated carbocycles. The van der Waals surface area contributed by atoms with Gasteiger partial charge in [0.2, 0.25) is 5.91 Å². The van der Waals surface area contributed by atoms with Crippen LogP contribution in [-0.2, 0) is 4.79 Å². The van der Waals surface area contributed by atoms with Crippen molar-refractivity contribution < 1.29 is 4.79 Å². The number of benzene rings is 1. The van der Waals surface area contributed by atoms with Crippen molar-refractivity contribution in [2.45, 2.75) is 18.8 Å². The molecule has 3 aliphatic heterocycles. The third kappa shape index (κ3) is 2.25. The number of piperidine rings is 1. The van der Waals surface area contributed by atoms with Crippen LogP contribution in [0.4, 0.5) is 0 Å². The zero-order valence-electron chi connectivity index (χ0n) is 12.7. The number of hydrogen-bond donors (Lipinski definition) is 2. The number of amides is 1. The third-order valence-corrected chi connectivity index (χ3v) is 5.12. The standard InChI is InChI=1S/C17H22N4O/c22-15-17(7-4-8-18-15)11-21(12-17)16-19-9-14(10-20-16)13-5-2-1-3-6-13/h1-3,5-6,14H,4,7-12H2,(H,18,22)(H,19,20). The van der Waals surface area contributed by atoms with Crippen LogP contribution < -0.4 is 10.6 Å². The molecule has 1 aromatic rings. The SMILES string of the molecule is O=C1NCCCC12CN(C1=NCC(c3ccccc3)CN1)C2. The minimum Gasteiger partial charge on any atom is -0.356 e. The first-order chi connectivity index (χ1) is 10.8. The molecule has 1 amide bonds. The summed E-state index contributed by atoms with van der Waals surface area (Å²) >= 11 is 0. The fourth-order valence-electron chi connectivity index (χ4n) is 3.76. The highest BCUT2D eigenvalue weighted by molar-refractivity contribution is 5.89. The van der Waals surface area contributed by atoms with Crippen LogP contribution in [0, 0.1) is 5.41 Å². The molecule has 3 aliphatic rings. The number of hydrogen-bond acceptors (Lipinski definition) is 4. The lowest BCUT2D eigenvalue weighted by Crippen LogP contribution is -2.68. The van der Waals surface area contributed by atoms with Crippen LogP contribution in [0.3, 0.4) is 0 Å². The summed E-state index contributed by atoms with van der Waals surface area (Å²) in [4.78, 5) is 19.0. The maximum absolute atomic E-state index is 12.1. The maximum atomic E-state index is 12.1. The first kappa shape index (κ1) is 13.6. The Morgan fingerprint density at radius 3 is 2.68 bits per heavy atom. The molecule has 22 heavy (non-hydrogen) atoms. The Morgan fingerprint density at radius 1 is 1.18 bits per heavy atom. The Hall–Kier alpha value is -2.04. The second-order valence-corrected chi connectivity index (χ2v) is 6.65. The zero-order valence-corrected chi connectivity index (χ0v) is 12.7. The number of carbonyl (C=O) groups is 1. The van der Waals surface area contributed by atoms with Gasteiger partial charge in [-0.3, -0.25) is 9.79 Å². The predicted octanol–water partition coefficient (Wildman–Crippen LogP) is 0.941. The van der Waals surface area contributed by atoms with E-state index in [1.54, 1.807) is 0 Å². The van der Waals surface area contributed by atoms with E-state index in [0.717, 1.165) is 51.5 Å². The molecule has 116 valence electrons. The van der Waals surface area contributed by atoms with E-state index in [-0.39, 0.29) is 11.3 Å². The second kappa shape index (κ2) is 5.30. The summed E-state index contributed by atoms with van der Waals surface area (Å²) in [5.41, 5.74) is 1.18. The third-order valence-electron chi connectivity index (χ3n) is 5.12. The van der Waals surface area contributed by atoms with Crippen molar-refractivity contribution in [2.24, 2.45) is 10.4 Å². The fraction of sp³-hybridized carbons (Fsp3) is 0.529. The number of rotatable bonds is 1. The van der Waals surface area contributed by atoms with E-state index < -0.39 is 0 Å². The van der Waals surface area contributed by atoms with E-state index in [1.807, 2.05) is 6.07 Å². The molecule has 0 aromatic heterocycles. The van der Waals surface area contributed by atoms with E-state index >= 15 is 0 Å². The fourth-order valence-corrected chi connectivity index (χ4v) is 3.76. The van der Waals surface area contributed by atoms with Crippen molar-refractivity contribution in [2.75, 3.05) is 32.7 Å². The van der Waals surface area contributed by atoms with Crippen molar-refractivity contribution in [3.63, 3.8) is 0 Å². The first-order valence-electron chi connectivity index (χ1n) is 8.13. The van der Waals surface area contributed by atoms with Gasteiger partial charge in [0.15, 0.2) is 5.96 Å². The maximum Gasteiger partial charge on any atom is 0.229 e. The van der Waals surface area contributed by atoms with Crippen LogP contribution in [0.2, 0.25) is 0 Å². The molecule has 5 nitrogen and oxygen atoms in total. The van der Waals surface area contributed by atoms with Gasteiger partial charge in [0.05, 0.1) is 12.0 Å². The summed E-state index contributed by atoms with van der Waals surface area (Å²) in [6.07, 6.45) is 2.10. The highest BCUT2D eigenvalue weighted by atomic mass is 16.2. The van der Waals surface area contributed by atoms with E-state index in [4.69, 9.17) is 4.99 Å². The van der Waals surface area contributed by atoms with E-state index in [0.29, 0.717) is 5.92 Å². The Bertz CT molecular complexity index is 592. The predicted molar refractivity (Wildman–Crippen MR) is 85.7 cm³/mol. The van der Waals surface area contributed by atoms with Crippen LogP contribution >= 0.6 is 0 Å². The van der Waals surface area contributed by atoms with E-state index in [2.05, 4.69) is 39.8 Å². The van der Waals surface area contributed by atoms with Gasteiger partial charge in [-0.25, -0.2) is 0 Å². The smallest absolute Gasteiger partial charge is 0.229 e. The monoisotopic (exact) mass is 298 g/mol. The van der Waals surface area contributed by atoms with E-state index in [9.17, 15) is 4.79 Å². The molecule has 0 bridgehead atoms. The van der Waals surface area contributed by atoms with Gasteiger partial charge in [-0.15, -0.1) is 0 Å². The molecule has 1 unspecified atom stereocenters. The van der Waals surface area contributed by atoms with Crippen molar-refractivity contribution in [3.8, 4) is 0 Å². The number of aliphatic imine (C=N–C) groups is 1. The molecule has 4 rings (SSSR count). The quantitative estimate of drug-likeness (QED) is 0.811. The van der Waals surface area contributed by atoms with Crippen LogP contribution in [-0.4, -0.2) is 49.5 Å². The van der Waals surface area contributed by atoms with Crippen LogP contribution in [0.25, 0.3) is 0 Å². The van der Waals surface area contributed by atoms with E-state index in [1.165, 1.54) is 5.56 Å². The molecule has 1 atom stereocenters. The van der Waals surface area contributed by atoms with Crippen LogP contribution in [0.5, 0.6) is 0 Å². The Balaban J connectivity index is 1.38. The molecule has 1 spiro atoms. The lowest BCUT2D eigenvalue weighted by Gasteiger charge is -2.52. The summed E-state index contributed by atoms with van der Waals surface area (Å²) in [6, 6.07) is 10.5. The molecule has 2 saturated heterocycles. The minimum atomic E-state index is -0.154. The van der Waals surface area contributed by atoms with Crippen molar-refractivity contribution in [1.82, 2.24) is 15.5 Å². The van der Waals surface area contributed by atoms with Gasteiger partial charge in [-0.05, 0) is 18.4 Å². The highest BCUT2D eigenvalue weighted by Gasteiger charge is 2.51. The van der Waals surface area contributed by atoms with Gasteiger partial charge in [0.1, 0.15) is 0 Å². The van der Waals surface area contributed by atoms with Gasteiger partial charge in [0.25, 0.3) is 0 Å². The molecule has 0 radical (unpaired) electrons. The van der Waals surface area contributed by atoms with Gasteiger partial charge in [-0.1, -0.05) is 30.3 Å². The molecule has 0 aliphatic carbocycles. The Kier molecular flexibility index (Phi) is 3.28. The topological polar surface area (TPSA) is 56.7 Å². The molecule has 2 N–H and O–H groups in total. The number of likely N-dealkylation sites (tertiary alicyclic amines) is 1.